The first-order valence-electron chi connectivity index (χ1n) is 7.52. The first-order chi connectivity index (χ1) is 10.1. The fraction of sp³-hybridized carbons (Fsp3) is 0.562. The molecular weight excluding hydrogens is 326 g/mol. The highest BCUT2D eigenvalue weighted by Crippen LogP contribution is 2.35. The van der Waals surface area contributed by atoms with Crippen LogP contribution >= 0.6 is 24.0 Å². The zero-order valence-electron chi connectivity index (χ0n) is 12.3. The summed E-state index contributed by atoms with van der Waals surface area (Å²) >= 11 is 5.99. The number of amides is 1. The number of benzene rings is 1. The van der Waals surface area contributed by atoms with Gasteiger partial charge in [-0.15, -0.1) is 12.4 Å². The molecule has 1 aliphatic heterocycles. The highest BCUT2D eigenvalue weighted by atomic mass is 35.5. The summed E-state index contributed by atoms with van der Waals surface area (Å²) in [7, 11) is 0. The molecule has 1 saturated heterocycles. The Bertz CT molecular complexity index is 535. The predicted octanol–water partition coefficient (Wildman–Crippen LogP) is 3.03. The third kappa shape index (κ3) is 3.39. The number of carbonyl (C=O) groups excluding carboxylic acids is 1. The van der Waals surface area contributed by atoms with Crippen LogP contribution in [0.2, 0.25) is 5.02 Å². The van der Waals surface area contributed by atoms with Crippen molar-refractivity contribution in [1.82, 2.24) is 4.90 Å². The van der Waals surface area contributed by atoms with Crippen LogP contribution in [0.1, 0.15) is 24.8 Å². The molecule has 2 fully saturated rings. The minimum Gasteiger partial charge on any atom is -0.342 e. The summed E-state index contributed by atoms with van der Waals surface area (Å²) in [6.07, 6.45) is 3.36. The Morgan fingerprint density at radius 3 is 2.82 bits per heavy atom. The van der Waals surface area contributed by atoms with Gasteiger partial charge in [0.2, 0.25) is 5.91 Å². The SMILES string of the molecule is Cl.NC1CCCC2CN(C(=O)Cc3c(F)cccc3Cl)CC12. The van der Waals surface area contributed by atoms with Crippen LogP contribution < -0.4 is 5.73 Å². The van der Waals surface area contributed by atoms with E-state index in [0.717, 1.165) is 25.8 Å². The van der Waals surface area contributed by atoms with E-state index in [1.807, 2.05) is 4.90 Å². The molecule has 1 aromatic carbocycles. The van der Waals surface area contributed by atoms with Crippen molar-refractivity contribution >= 4 is 29.9 Å². The fourth-order valence-corrected chi connectivity index (χ4v) is 3.91. The number of halogens is 3. The monoisotopic (exact) mass is 346 g/mol. The maximum atomic E-state index is 13.8. The van der Waals surface area contributed by atoms with Gasteiger partial charge in [-0.1, -0.05) is 24.1 Å². The molecule has 6 heteroatoms. The van der Waals surface area contributed by atoms with Gasteiger partial charge >= 0.3 is 0 Å². The van der Waals surface area contributed by atoms with Gasteiger partial charge in [0, 0.05) is 29.7 Å². The van der Waals surface area contributed by atoms with E-state index >= 15 is 0 Å². The van der Waals surface area contributed by atoms with Crippen LogP contribution in [0.3, 0.4) is 0 Å². The molecule has 3 atom stereocenters. The Morgan fingerprint density at radius 2 is 2.14 bits per heavy atom. The second kappa shape index (κ2) is 7.16. The van der Waals surface area contributed by atoms with Crippen molar-refractivity contribution in [2.75, 3.05) is 13.1 Å². The summed E-state index contributed by atoms with van der Waals surface area (Å²) in [4.78, 5) is 14.3. The number of carbonyl (C=O) groups is 1. The molecule has 0 bridgehead atoms. The van der Waals surface area contributed by atoms with Crippen molar-refractivity contribution < 1.29 is 9.18 Å². The van der Waals surface area contributed by atoms with E-state index in [1.165, 1.54) is 6.07 Å². The Labute approximate surface area is 141 Å². The average Bonchev–Trinajstić information content (AvgIpc) is 2.88. The average molecular weight is 347 g/mol. The smallest absolute Gasteiger partial charge is 0.227 e. The second-order valence-corrected chi connectivity index (χ2v) is 6.60. The quantitative estimate of drug-likeness (QED) is 0.894. The maximum absolute atomic E-state index is 13.8. The number of hydrogen-bond acceptors (Lipinski definition) is 2. The van der Waals surface area contributed by atoms with Gasteiger partial charge in [0.25, 0.3) is 0 Å². The van der Waals surface area contributed by atoms with Crippen molar-refractivity contribution in [3.8, 4) is 0 Å². The minimum atomic E-state index is -0.413. The zero-order valence-corrected chi connectivity index (χ0v) is 13.9. The lowest BCUT2D eigenvalue weighted by Gasteiger charge is -2.29. The predicted molar refractivity (Wildman–Crippen MR) is 87.7 cm³/mol. The van der Waals surface area contributed by atoms with Crippen LogP contribution in [0.5, 0.6) is 0 Å². The van der Waals surface area contributed by atoms with Crippen LogP contribution in [0.15, 0.2) is 18.2 Å². The molecule has 0 spiro atoms. The van der Waals surface area contributed by atoms with Crippen LogP contribution in [-0.2, 0) is 11.2 Å². The first kappa shape index (κ1) is 17.5. The molecule has 3 rings (SSSR count). The van der Waals surface area contributed by atoms with Crippen molar-refractivity contribution in [3.63, 3.8) is 0 Å². The molecule has 1 heterocycles. The highest BCUT2D eigenvalue weighted by molar-refractivity contribution is 6.31. The molecule has 3 unspecified atom stereocenters. The molecule has 3 nitrogen and oxygen atoms in total. The van der Waals surface area contributed by atoms with Crippen molar-refractivity contribution in [3.05, 3.63) is 34.6 Å². The third-order valence-electron chi connectivity index (χ3n) is 4.90. The standard InChI is InChI=1S/C16H20ClFN2O.ClH/c17-13-4-2-5-14(18)11(13)7-16(21)20-8-10-3-1-6-15(19)12(10)9-20;/h2,4-5,10,12,15H,1,3,6-9,19H2;1H. The van der Waals surface area contributed by atoms with Crippen LogP contribution in [0.25, 0.3) is 0 Å². The first-order valence-corrected chi connectivity index (χ1v) is 7.90. The molecule has 1 saturated carbocycles. The Hall–Kier alpha value is -0.840. The van der Waals surface area contributed by atoms with Gasteiger partial charge in [-0.3, -0.25) is 4.79 Å². The summed E-state index contributed by atoms with van der Waals surface area (Å²) in [6, 6.07) is 4.70. The van der Waals surface area contributed by atoms with E-state index in [0.29, 0.717) is 29.0 Å². The Kier molecular flexibility index (Phi) is 5.70. The maximum Gasteiger partial charge on any atom is 0.227 e. The molecular formula is C16H21Cl2FN2O. The van der Waals surface area contributed by atoms with E-state index in [4.69, 9.17) is 17.3 Å². The Morgan fingerprint density at radius 1 is 1.36 bits per heavy atom. The molecule has 2 aliphatic rings. The molecule has 1 aliphatic carbocycles. The Balaban J connectivity index is 0.00000176. The summed E-state index contributed by atoms with van der Waals surface area (Å²) in [5, 5.41) is 0.316. The summed E-state index contributed by atoms with van der Waals surface area (Å²) in [5.41, 5.74) is 6.46. The van der Waals surface area contributed by atoms with Gasteiger partial charge in [0.1, 0.15) is 5.82 Å². The van der Waals surface area contributed by atoms with E-state index in [1.54, 1.807) is 12.1 Å². The number of nitrogens with zero attached hydrogens (tertiary/aromatic N) is 1. The molecule has 1 aromatic rings. The third-order valence-corrected chi connectivity index (χ3v) is 5.25. The molecule has 2 N–H and O–H groups in total. The van der Waals surface area contributed by atoms with Crippen LogP contribution in [-0.4, -0.2) is 29.9 Å². The number of fused-ring (bicyclic) bond motifs is 1. The second-order valence-electron chi connectivity index (χ2n) is 6.19. The number of hydrogen-bond donors (Lipinski definition) is 1. The van der Waals surface area contributed by atoms with Gasteiger partial charge < -0.3 is 10.6 Å². The van der Waals surface area contributed by atoms with E-state index in [2.05, 4.69) is 0 Å². The lowest BCUT2D eigenvalue weighted by Crippen LogP contribution is -2.38. The van der Waals surface area contributed by atoms with Crippen molar-refractivity contribution in [2.45, 2.75) is 31.7 Å². The van der Waals surface area contributed by atoms with Gasteiger partial charge in [-0.2, -0.15) is 0 Å². The highest BCUT2D eigenvalue weighted by Gasteiger charge is 2.40. The fourth-order valence-electron chi connectivity index (χ4n) is 3.68. The van der Waals surface area contributed by atoms with Crippen molar-refractivity contribution in [1.29, 1.82) is 0 Å². The topological polar surface area (TPSA) is 46.3 Å². The minimum absolute atomic E-state index is 0. The van der Waals surface area contributed by atoms with Gasteiger partial charge in [0.15, 0.2) is 0 Å². The van der Waals surface area contributed by atoms with Crippen LogP contribution in [0.4, 0.5) is 4.39 Å². The van der Waals surface area contributed by atoms with Gasteiger partial charge in [-0.25, -0.2) is 4.39 Å². The lowest BCUT2D eigenvalue weighted by molar-refractivity contribution is -0.129. The molecule has 0 radical (unpaired) electrons. The van der Waals surface area contributed by atoms with E-state index in [9.17, 15) is 9.18 Å². The molecule has 1 amide bonds. The van der Waals surface area contributed by atoms with Crippen molar-refractivity contribution in [2.24, 2.45) is 17.6 Å². The number of likely N-dealkylation sites (tertiary alicyclic amines) is 1. The summed E-state index contributed by atoms with van der Waals surface area (Å²) in [6.45, 7) is 1.46. The lowest BCUT2D eigenvalue weighted by atomic mass is 9.78. The number of nitrogens with two attached hydrogens (primary N) is 1. The largest absolute Gasteiger partial charge is 0.342 e. The molecule has 122 valence electrons. The van der Waals surface area contributed by atoms with Gasteiger partial charge in [-0.05, 0) is 36.8 Å². The normalized spacial score (nSPS) is 27.2. The summed E-state index contributed by atoms with van der Waals surface area (Å²) in [5.74, 6) is 0.445. The van der Waals surface area contributed by atoms with Crippen LogP contribution in [0, 0.1) is 17.7 Å². The zero-order chi connectivity index (χ0) is 15.0. The molecule has 0 aromatic heterocycles. The number of rotatable bonds is 2. The summed E-state index contributed by atoms with van der Waals surface area (Å²) < 4.78 is 13.8. The van der Waals surface area contributed by atoms with E-state index in [-0.39, 0.29) is 30.8 Å². The van der Waals surface area contributed by atoms with Gasteiger partial charge in [0.05, 0.1) is 6.42 Å². The van der Waals surface area contributed by atoms with E-state index < -0.39 is 5.82 Å². The molecule has 22 heavy (non-hydrogen) atoms.